The third-order valence-corrected chi connectivity index (χ3v) is 9.78. The molecule has 274 valence electrons. The SMILES string of the molecule is COc1cc(N=Nc2ccc(-c3ccc(N=Nc4c(S(=O)(=O)O)cc5cc(S(=O)(=O)O)c(N=Nc6ccccc6)c(O)c5c4N)cc3)cc2)c(C)cc1N.[Na+]. The van der Waals surface area contributed by atoms with Gasteiger partial charge < -0.3 is 21.3 Å². The van der Waals surface area contributed by atoms with E-state index in [1.807, 2.05) is 19.1 Å². The molecule has 0 radical (unpaired) electrons. The number of hydrogen-bond donors (Lipinski definition) is 5. The first kappa shape index (κ1) is 40.6. The maximum atomic E-state index is 12.5. The van der Waals surface area contributed by atoms with Gasteiger partial charge in [-0.25, -0.2) is 0 Å². The Bertz CT molecular complexity index is 2730. The molecule has 6 aromatic rings. The van der Waals surface area contributed by atoms with Crippen molar-refractivity contribution >= 4 is 76.5 Å². The number of phenols is 1. The molecule has 0 fully saturated rings. The van der Waals surface area contributed by atoms with Crippen LogP contribution in [0.1, 0.15) is 5.56 Å². The smallest absolute Gasteiger partial charge is 0.505 e. The van der Waals surface area contributed by atoms with E-state index in [1.54, 1.807) is 78.9 Å². The average molecular weight is 790 g/mol. The Morgan fingerprint density at radius 3 is 1.60 bits per heavy atom. The van der Waals surface area contributed by atoms with Gasteiger partial charge in [0.1, 0.15) is 26.9 Å². The van der Waals surface area contributed by atoms with E-state index in [0.717, 1.165) is 28.8 Å². The number of nitrogens with zero attached hydrogens (tertiary/aromatic N) is 6. The number of fused-ring (bicyclic) bond motifs is 1. The summed E-state index contributed by atoms with van der Waals surface area (Å²) >= 11 is 0. The van der Waals surface area contributed by atoms with Gasteiger partial charge in [0.25, 0.3) is 20.2 Å². The third-order valence-electron chi connectivity index (χ3n) is 8.05. The van der Waals surface area contributed by atoms with Crippen molar-refractivity contribution in [2.75, 3.05) is 18.6 Å². The van der Waals surface area contributed by atoms with Gasteiger partial charge in [0, 0.05) is 6.07 Å². The summed E-state index contributed by atoms with van der Waals surface area (Å²) in [6.07, 6.45) is 0. The van der Waals surface area contributed by atoms with Gasteiger partial charge in [0.05, 0.1) is 46.6 Å². The van der Waals surface area contributed by atoms with Crippen LogP contribution in [0.25, 0.3) is 21.9 Å². The van der Waals surface area contributed by atoms with Crippen molar-refractivity contribution in [3.05, 3.63) is 109 Å². The van der Waals surface area contributed by atoms with E-state index < -0.39 is 52.8 Å². The molecular weight excluding hydrogens is 760 g/mol. The van der Waals surface area contributed by atoms with Crippen LogP contribution >= 0.6 is 0 Å². The number of aryl methyl sites for hydroxylation is 1. The molecule has 0 aliphatic carbocycles. The van der Waals surface area contributed by atoms with Crippen molar-refractivity contribution < 1.29 is 65.3 Å². The fraction of sp³-hybridized carbons (Fsp3) is 0.0556. The molecular formula is C36H30N8NaO8S2+. The molecule has 0 amide bonds. The molecule has 19 heteroatoms. The number of azo groups is 3. The Morgan fingerprint density at radius 1 is 0.618 bits per heavy atom. The summed E-state index contributed by atoms with van der Waals surface area (Å²) in [5.74, 6) is -0.353. The summed E-state index contributed by atoms with van der Waals surface area (Å²) in [7, 11) is -8.55. The molecule has 0 aliphatic rings. The van der Waals surface area contributed by atoms with Gasteiger partial charge >= 0.3 is 29.6 Å². The topological polar surface area (TPSA) is 264 Å². The Balaban J connectivity index is 0.00000580. The second-order valence-electron chi connectivity index (χ2n) is 11.7. The average Bonchev–Trinajstić information content (AvgIpc) is 3.13. The first-order valence-corrected chi connectivity index (χ1v) is 18.5. The minimum absolute atomic E-state index is 0. The summed E-state index contributed by atoms with van der Waals surface area (Å²) in [5, 5.41) is 35.1. The van der Waals surface area contributed by atoms with Crippen LogP contribution in [0, 0.1) is 6.92 Å². The molecule has 0 heterocycles. The molecule has 0 spiro atoms. The third kappa shape index (κ3) is 9.03. The first-order valence-electron chi connectivity index (χ1n) is 15.7. The number of aromatic hydroxyl groups is 1. The van der Waals surface area contributed by atoms with Gasteiger partial charge in [-0.2, -0.15) is 37.3 Å². The molecule has 7 N–H and O–H groups in total. The number of nitrogens with two attached hydrogens (primary N) is 2. The number of rotatable bonds is 10. The van der Waals surface area contributed by atoms with Crippen molar-refractivity contribution in [1.29, 1.82) is 0 Å². The molecule has 0 saturated heterocycles. The normalized spacial score (nSPS) is 12.1. The minimum Gasteiger partial charge on any atom is -0.505 e. The number of nitrogen functional groups attached to an aromatic ring is 2. The summed E-state index contributed by atoms with van der Waals surface area (Å²) in [4.78, 5) is -1.73. The molecule has 16 nitrogen and oxygen atoms in total. The van der Waals surface area contributed by atoms with Gasteiger partial charge in [-0.3, -0.25) is 9.11 Å². The number of anilines is 2. The molecule has 0 unspecified atom stereocenters. The van der Waals surface area contributed by atoms with Gasteiger partial charge in [-0.1, -0.05) is 42.5 Å². The van der Waals surface area contributed by atoms with Gasteiger partial charge in [0.2, 0.25) is 0 Å². The Kier molecular flexibility index (Phi) is 12.1. The van der Waals surface area contributed by atoms with Gasteiger partial charge in [-0.05, 0) is 83.6 Å². The standard InChI is InChI=1S/C36H30N8O8S2.Na/c1-20-16-27(37)29(52-2)19-28(20)42-39-25-12-8-21(9-13-25)22-10-14-26(15-11-22)41-43-34-30(53(46,47)48)17-23-18-31(54(49,50)51)35(36(45)32(23)33(34)38)44-40-24-6-4-3-5-7-24;/h3-19,45H,37-38H2,1-2H3,(H,46,47,48)(H,49,50,51);/q;+1. The Morgan fingerprint density at radius 2 is 1.09 bits per heavy atom. The van der Waals surface area contributed by atoms with E-state index >= 15 is 0 Å². The second kappa shape index (κ2) is 16.4. The van der Waals surface area contributed by atoms with E-state index in [0.29, 0.717) is 28.5 Å². The van der Waals surface area contributed by atoms with E-state index in [4.69, 9.17) is 16.2 Å². The van der Waals surface area contributed by atoms with Crippen molar-refractivity contribution in [1.82, 2.24) is 0 Å². The molecule has 6 aromatic carbocycles. The van der Waals surface area contributed by atoms with Gasteiger partial charge in [0.15, 0.2) is 5.75 Å². The van der Waals surface area contributed by atoms with Crippen LogP contribution in [0.15, 0.2) is 144 Å². The molecule has 55 heavy (non-hydrogen) atoms. The number of ether oxygens (including phenoxy) is 1. The zero-order valence-electron chi connectivity index (χ0n) is 29.4. The van der Waals surface area contributed by atoms with Gasteiger partial charge in [-0.15, -0.1) is 10.2 Å². The Hall–Kier alpha value is -5.60. The van der Waals surface area contributed by atoms with Crippen molar-refractivity contribution in [2.24, 2.45) is 30.7 Å². The largest absolute Gasteiger partial charge is 1.00 e. The van der Waals surface area contributed by atoms with Crippen LogP contribution in [0.2, 0.25) is 0 Å². The number of methoxy groups -OCH3 is 1. The van der Waals surface area contributed by atoms with Crippen LogP contribution < -0.4 is 45.8 Å². The van der Waals surface area contributed by atoms with Crippen molar-refractivity contribution in [2.45, 2.75) is 16.7 Å². The summed E-state index contributed by atoms with van der Waals surface area (Å²) < 4.78 is 74.7. The van der Waals surface area contributed by atoms with Crippen molar-refractivity contribution in [3.63, 3.8) is 0 Å². The van der Waals surface area contributed by atoms with E-state index in [1.165, 1.54) is 7.11 Å². The molecule has 0 aliphatic heterocycles. The van der Waals surface area contributed by atoms with Crippen LogP contribution in [0.3, 0.4) is 0 Å². The number of benzene rings is 6. The summed E-state index contributed by atoms with van der Waals surface area (Å²) in [6, 6.07) is 27.2. The molecule has 6 rings (SSSR count). The molecule has 0 aromatic heterocycles. The quantitative estimate of drug-likeness (QED) is 0.0439. The van der Waals surface area contributed by atoms with Crippen LogP contribution in [0.5, 0.6) is 11.5 Å². The molecule has 0 saturated carbocycles. The van der Waals surface area contributed by atoms with E-state index in [-0.39, 0.29) is 46.0 Å². The van der Waals surface area contributed by atoms with Crippen LogP contribution in [0.4, 0.5) is 45.5 Å². The fourth-order valence-electron chi connectivity index (χ4n) is 5.35. The molecule has 0 bridgehead atoms. The Labute approximate surface area is 337 Å². The predicted molar refractivity (Wildman–Crippen MR) is 203 cm³/mol. The van der Waals surface area contributed by atoms with E-state index in [2.05, 4.69) is 30.7 Å². The minimum atomic E-state index is -5.04. The maximum absolute atomic E-state index is 12.5. The zero-order valence-corrected chi connectivity index (χ0v) is 33.0. The number of hydrogen-bond acceptors (Lipinski definition) is 14. The fourth-order valence-corrected chi connectivity index (χ4v) is 6.68. The zero-order chi connectivity index (χ0) is 38.8. The number of phenolic OH excluding ortho intramolecular Hbond substituents is 1. The predicted octanol–water partition coefficient (Wildman–Crippen LogP) is 6.44. The monoisotopic (exact) mass is 789 g/mol. The maximum Gasteiger partial charge on any atom is 1.00 e. The molecule has 0 atom stereocenters. The van der Waals surface area contributed by atoms with Crippen LogP contribution in [-0.2, 0) is 20.2 Å². The van der Waals surface area contributed by atoms with Crippen molar-refractivity contribution in [3.8, 4) is 22.6 Å². The second-order valence-corrected chi connectivity index (χ2v) is 14.4. The summed E-state index contributed by atoms with van der Waals surface area (Å²) in [6.45, 7) is 1.87. The van der Waals surface area contributed by atoms with Crippen LogP contribution in [-0.4, -0.2) is 38.2 Å². The van der Waals surface area contributed by atoms with E-state index in [9.17, 15) is 31.0 Å². The summed E-state index contributed by atoms with van der Waals surface area (Å²) in [5.41, 5.74) is 15.3. The first-order chi connectivity index (χ1) is 25.6.